The molecule has 19 heavy (non-hydrogen) atoms. The van der Waals surface area contributed by atoms with E-state index in [1.54, 1.807) is 12.1 Å². The topological polar surface area (TPSA) is 85.2 Å². The Morgan fingerprint density at radius 1 is 1.11 bits per heavy atom. The number of oxime groups is 1. The van der Waals surface area contributed by atoms with Crippen LogP contribution in [0.2, 0.25) is 0 Å². The third kappa shape index (κ3) is 1.97. The molecule has 0 fully saturated rings. The first kappa shape index (κ1) is 12.8. The van der Waals surface area contributed by atoms with Crippen LogP contribution in [-0.4, -0.2) is 37.2 Å². The monoisotopic (exact) mass is 261 g/mol. The van der Waals surface area contributed by atoms with Crippen molar-refractivity contribution in [2.45, 2.75) is 0 Å². The number of Topliss-reactive ketones (excluding diaryl/α,β-unsaturated/α-hetero) is 1. The van der Waals surface area contributed by atoms with Gasteiger partial charge in [-0.3, -0.25) is 9.59 Å². The SMILES string of the molecule is COc1ccc(OC)c2c1C(=O)C=C(/C=N/O)C2=O. The summed E-state index contributed by atoms with van der Waals surface area (Å²) in [6, 6.07) is 3.10. The first-order valence-electron chi connectivity index (χ1n) is 5.37. The summed E-state index contributed by atoms with van der Waals surface area (Å²) in [7, 11) is 2.81. The molecule has 0 aliphatic heterocycles. The third-order valence-electron chi connectivity index (χ3n) is 2.79. The highest BCUT2D eigenvalue weighted by atomic mass is 16.5. The molecule has 6 nitrogen and oxygen atoms in total. The van der Waals surface area contributed by atoms with Crippen molar-refractivity contribution >= 4 is 17.8 Å². The zero-order valence-corrected chi connectivity index (χ0v) is 10.3. The Labute approximate surface area is 108 Å². The molecule has 1 aliphatic carbocycles. The maximum Gasteiger partial charge on any atom is 0.199 e. The quantitative estimate of drug-likeness (QED) is 0.506. The number of hydrogen-bond donors (Lipinski definition) is 1. The van der Waals surface area contributed by atoms with Crippen LogP contribution in [-0.2, 0) is 0 Å². The van der Waals surface area contributed by atoms with Gasteiger partial charge in [0, 0.05) is 5.57 Å². The highest BCUT2D eigenvalue weighted by Crippen LogP contribution is 2.35. The Morgan fingerprint density at radius 3 is 2.21 bits per heavy atom. The second kappa shape index (κ2) is 4.93. The largest absolute Gasteiger partial charge is 0.496 e. The second-order valence-electron chi connectivity index (χ2n) is 3.76. The summed E-state index contributed by atoms with van der Waals surface area (Å²) in [4.78, 5) is 24.3. The molecule has 98 valence electrons. The van der Waals surface area contributed by atoms with Gasteiger partial charge < -0.3 is 14.7 Å². The number of nitrogens with zero attached hydrogens (tertiary/aromatic N) is 1. The van der Waals surface area contributed by atoms with Crippen LogP contribution in [0.25, 0.3) is 0 Å². The molecule has 0 aromatic heterocycles. The molecule has 0 bridgehead atoms. The lowest BCUT2D eigenvalue weighted by atomic mass is 9.88. The van der Waals surface area contributed by atoms with Gasteiger partial charge in [0.25, 0.3) is 0 Å². The Hall–Kier alpha value is -2.63. The number of fused-ring (bicyclic) bond motifs is 1. The predicted octanol–water partition coefficient (Wildman–Crippen LogP) is 1.47. The molecule has 1 N–H and O–H groups in total. The molecular weight excluding hydrogens is 250 g/mol. The van der Waals surface area contributed by atoms with Gasteiger partial charge in [-0.1, -0.05) is 5.16 Å². The number of ether oxygens (including phenoxy) is 2. The van der Waals surface area contributed by atoms with Crippen molar-refractivity contribution in [1.29, 1.82) is 0 Å². The van der Waals surface area contributed by atoms with E-state index < -0.39 is 11.6 Å². The fourth-order valence-corrected chi connectivity index (χ4v) is 1.96. The van der Waals surface area contributed by atoms with E-state index in [1.165, 1.54) is 14.2 Å². The van der Waals surface area contributed by atoms with E-state index in [0.29, 0.717) is 5.75 Å². The highest BCUT2D eigenvalue weighted by Gasteiger charge is 2.31. The molecule has 6 heteroatoms. The number of hydrogen-bond acceptors (Lipinski definition) is 6. The van der Waals surface area contributed by atoms with Crippen LogP contribution >= 0.6 is 0 Å². The third-order valence-corrected chi connectivity index (χ3v) is 2.79. The van der Waals surface area contributed by atoms with Crippen LogP contribution in [0.5, 0.6) is 11.5 Å². The van der Waals surface area contributed by atoms with Crippen LogP contribution in [0.1, 0.15) is 20.7 Å². The van der Waals surface area contributed by atoms with Gasteiger partial charge in [0.15, 0.2) is 11.6 Å². The average Bonchev–Trinajstić information content (AvgIpc) is 2.43. The first-order chi connectivity index (χ1) is 9.13. The van der Waals surface area contributed by atoms with Gasteiger partial charge in [-0.2, -0.15) is 0 Å². The summed E-state index contributed by atoms with van der Waals surface area (Å²) in [5, 5.41) is 11.3. The molecule has 0 amide bonds. The average molecular weight is 261 g/mol. The molecule has 1 aliphatic rings. The Balaban J connectivity index is 2.73. The van der Waals surface area contributed by atoms with E-state index in [9.17, 15) is 9.59 Å². The summed E-state index contributed by atoms with van der Waals surface area (Å²) in [5.41, 5.74) is 0.262. The summed E-state index contributed by atoms with van der Waals surface area (Å²) < 4.78 is 10.2. The van der Waals surface area contributed by atoms with Crippen LogP contribution in [0.4, 0.5) is 0 Å². The number of carbonyl (C=O) groups is 2. The second-order valence-corrected chi connectivity index (χ2v) is 3.76. The number of methoxy groups -OCH3 is 2. The number of benzene rings is 1. The fraction of sp³-hybridized carbons (Fsp3) is 0.154. The maximum atomic E-state index is 12.2. The van der Waals surface area contributed by atoms with Crippen LogP contribution in [0.3, 0.4) is 0 Å². The van der Waals surface area contributed by atoms with Gasteiger partial charge in [-0.15, -0.1) is 0 Å². The normalized spacial score (nSPS) is 14.3. The number of allylic oxidation sites excluding steroid dienone is 2. The van der Waals surface area contributed by atoms with Gasteiger partial charge in [-0.05, 0) is 18.2 Å². The summed E-state index contributed by atoms with van der Waals surface area (Å²) in [6.07, 6.45) is 2.02. The van der Waals surface area contributed by atoms with Gasteiger partial charge in [0.1, 0.15) is 11.5 Å². The molecule has 0 saturated heterocycles. The molecule has 1 aromatic carbocycles. The number of carbonyl (C=O) groups excluding carboxylic acids is 2. The smallest absolute Gasteiger partial charge is 0.199 e. The first-order valence-corrected chi connectivity index (χ1v) is 5.37. The lowest BCUT2D eigenvalue weighted by molar-refractivity contribution is 0.0984. The minimum absolute atomic E-state index is 0.00782. The number of ketones is 2. The highest BCUT2D eigenvalue weighted by molar-refractivity contribution is 6.33. The van der Waals surface area contributed by atoms with Gasteiger partial charge >= 0.3 is 0 Å². The molecule has 1 aromatic rings. The summed E-state index contributed by atoms with van der Waals surface area (Å²) >= 11 is 0. The maximum absolute atomic E-state index is 12.2. The molecule has 0 radical (unpaired) electrons. The molecule has 0 unspecified atom stereocenters. The minimum Gasteiger partial charge on any atom is -0.496 e. The zero-order valence-electron chi connectivity index (χ0n) is 10.3. The van der Waals surface area contributed by atoms with Crippen molar-refractivity contribution in [3.63, 3.8) is 0 Å². The van der Waals surface area contributed by atoms with E-state index >= 15 is 0 Å². The standard InChI is InChI=1S/C13H11NO5/c1-18-9-3-4-10(19-2)12-11(9)8(15)5-7(6-14-17)13(12)16/h3-6,17H,1-2H3/b14-6+. The van der Waals surface area contributed by atoms with Crippen molar-refractivity contribution in [2.24, 2.45) is 5.16 Å². The Bertz CT molecular complexity index is 616. The molecule has 0 atom stereocenters. The van der Waals surface area contributed by atoms with Crippen LogP contribution in [0, 0.1) is 0 Å². The van der Waals surface area contributed by atoms with Crippen molar-refractivity contribution < 1.29 is 24.3 Å². The van der Waals surface area contributed by atoms with Gasteiger partial charge in [-0.25, -0.2) is 0 Å². The van der Waals surface area contributed by atoms with E-state index in [0.717, 1.165) is 12.3 Å². The van der Waals surface area contributed by atoms with E-state index in [1.807, 2.05) is 0 Å². The van der Waals surface area contributed by atoms with E-state index in [4.69, 9.17) is 14.7 Å². The lowest BCUT2D eigenvalue weighted by Crippen LogP contribution is -2.19. The van der Waals surface area contributed by atoms with Crippen molar-refractivity contribution in [3.05, 3.63) is 34.9 Å². The van der Waals surface area contributed by atoms with Gasteiger partial charge in [0.2, 0.25) is 0 Å². The number of rotatable bonds is 3. The van der Waals surface area contributed by atoms with Crippen molar-refractivity contribution in [2.75, 3.05) is 14.2 Å². The van der Waals surface area contributed by atoms with E-state index in [2.05, 4.69) is 5.16 Å². The zero-order chi connectivity index (χ0) is 14.0. The Kier molecular flexibility index (Phi) is 3.33. The summed E-state index contributed by atoms with van der Waals surface area (Å²) in [5.74, 6) is -0.292. The fourth-order valence-electron chi connectivity index (χ4n) is 1.96. The molecule has 0 spiro atoms. The minimum atomic E-state index is -0.455. The molecule has 2 rings (SSSR count). The Morgan fingerprint density at radius 2 is 1.68 bits per heavy atom. The molecule has 0 saturated carbocycles. The van der Waals surface area contributed by atoms with Crippen LogP contribution < -0.4 is 9.47 Å². The van der Waals surface area contributed by atoms with Crippen LogP contribution in [0.15, 0.2) is 28.9 Å². The lowest BCUT2D eigenvalue weighted by Gasteiger charge is -2.18. The molecular formula is C13H11NO5. The van der Waals surface area contributed by atoms with Crippen molar-refractivity contribution in [3.8, 4) is 11.5 Å². The summed E-state index contributed by atoms with van der Waals surface area (Å²) in [6.45, 7) is 0. The molecule has 0 heterocycles. The van der Waals surface area contributed by atoms with E-state index in [-0.39, 0.29) is 22.4 Å². The van der Waals surface area contributed by atoms with Gasteiger partial charge in [0.05, 0.1) is 31.6 Å². The predicted molar refractivity (Wildman–Crippen MR) is 66.6 cm³/mol. The van der Waals surface area contributed by atoms with Crippen molar-refractivity contribution in [1.82, 2.24) is 0 Å².